The molecule has 0 aromatic rings. The summed E-state index contributed by atoms with van der Waals surface area (Å²) in [6, 6.07) is 0.959. The minimum atomic E-state index is -2.37. The molecule has 0 aliphatic carbocycles. The van der Waals surface area contributed by atoms with Crippen LogP contribution in [0.2, 0.25) is 6.04 Å². The molecule has 3 fully saturated rings. The highest BCUT2D eigenvalue weighted by Gasteiger charge is 2.72. The van der Waals surface area contributed by atoms with Gasteiger partial charge in [-0.25, -0.2) is 0 Å². The minimum Gasteiger partial charge on any atom is -0.396 e. The average Bonchev–Trinajstić information content (AvgIpc) is 3.37. The first-order valence-electron chi connectivity index (χ1n) is 7.64. The van der Waals surface area contributed by atoms with Crippen molar-refractivity contribution < 1.29 is 23.1 Å². The number of unbranched alkanes of at least 4 members (excludes halogenated alkanes) is 1. The van der Waals surface area contributed by atoms with Gasteiger partial charge in [-0.2, -0.15) is 0 Å². The predicted octanol–water partition coefficient (Wildman–Crippen LogP) is 1.78. The average molecular weight is 302 g/mol. The van der Waals surface area contributed by atoms with E-state index in [-0.39, 0.29) is 11.3 Å². The van der Waals surface area contributed by atoms with Crippen LogP contribution >= 0.6 is 0 Å². The summed E-state index contributed by atoms with van der Waals surface area (Å²) in [5.41, 5.74) is 0. The molecule has 0 radical (unpaired) electrons. The largest absolute Gasteiger partial charge is 0.396 e. The summed E-state index contributed by atoms with van der Waals surface area (Å²) >= 11 is 0. The third-order valence-electron chi connectivity index (χ3n) is 5.20. The molecule has 0 aromatic carbocycles. The molecule has 3 aliphatic rings. The number of hydrogen-bond acceptors (Lipinski definition) is 5. The van der Waals surface area contributed by atoms with E-state index in [4.69, 9.17) is 23.1 Å². The summed E-state index contributed by atoms with van der Waals surface area (Å²) in [5, 5.41) is -0.343. The van der Waals surface area contributed by atoms with Crippen molar-refractivity contribution in [1.29, 1.82) is 0 Å². The first kappa shape index (κ1) is 14.9. The van der Waals surface area contributed by atoms with Crippen molar-refractivity contribution in [3.05, 3.63) is 0 Å². The molecule has 3 saturated heterocycles. The molecule has 4 atom stereocenters. The second-order valence-corrected chi connectivity index (χ2v) is 9.76. The monoisotopic (exact) mass is 302 g/mol. The summed E-state index contributed by atoms with van der Waals surface area (Å²) < 4.78 is 29.0. The van der Waals surface area contributed by atoms with Gasteiger partial charge in [-0.3, -0.25) is 0 Å². The zero-order chi connectivity index (χ0) is 14.2. The summed E-state index contributed by atoms with van der Waals surface area (Å²) in [4.78, 5) is 0. The lowest BCUT2D eigenvalue weighted by Crippen LogP contribution is -2.68. The van der Waals surface area contributed by atoms with Gasteiger partial charge in [0.05, 0.1) is 18.8 Å². The molecule has 4 unspecified atom stereocenters. The fourth-order valence-corrected chi connectivity index (χ4v) is 7.78. The maximum Gasteiger partial charge on any atom is 0.373 e. The SMILES string of the molecule is COC1(CCCCC2CO2)C2OC2CC[Si]1(OC)OC. The Morgan fingerprint density at radius 2 is 1.95 bits per heavy atom. The Hall–Kier alpha value is 0.0169. The van der Waals surface area contributed by atoms with Crippen molar-refractivity contribution in [2.24, 2.45) is 0 Å². The molecule has 3 heterocycles. The number of rotatable bonds is 8. The summed E-state index contributed by atoms with van der Waals surface area (Å²) in [6.45, 7) is 0.943. The lowest BCUT2D eigenvalue weighted by Gasteiger charge is -2.46. The minimum absolute atomic E-state index is 0.171. The van der Waals surface area contributed by atoms with Crippen molar-refractivity contribution in [3.63, 3.8) is 0 Å². The maximum atomic E-state index is 6.01. The fraction of sp³-hybridized carbons (Fsp3) is 1.00. The van der Waals surface area contributed by atoms with Crippen molar-refractivity contribution >= 4 is 8.56 Å². The number of epoxide rings is 2. The smallest absolute Gasteiger partial charge is 0.373 e. The molecule has 3 rings (SSSR count). The Bertz CT molecular complexity index is 344. The van der Waals surface area contributed by atoms with E-state index in [1.165, 1.54) is 6.42 Å². The van der Waals surface area contributed by atoms with Gasteiger partial charge in [0, 0.05) is 21.3 Å². The number of hydrogen-bond donors (Lipinski definition) is 0. The Morgan fingerprint density at radius 1 is 1.20 bits per heavy atom. The standard InChI is InChI=1S/C14H26O5Si/c1-15-14(8-5-4-6-11-10-18-11)13-12(19-13)7-9-20(14,16-2)17-3/h11-13H,4-10H2,1-3H3. The van der Waals surface area contributed by atoms with E-state index in [1.54, 1.807) is 21.3 Å². The Morgan fingerprint density at radius 3 is 2.55 bits per heavy atom. The topological polar surface area (TPSA) is 52.8 Å². The van der Waals surface area contributed by atoms with E-state index in [0.29, 0.717) is 12.2 Å². The van der Waals surface area contributed by atoms with Gasteiger partial charge < -0.3 is 23.1 Å². The van der Waals surface area contributed by atoms with Gasteiger partial charge in [-0.05, 0) is 25.3 Å². The zero-order valence-electron chi connectivity index (χ0n) is 12.7. The third kappa shape index (κ3) is 2.36. The third-order valence-corrected chi connectivity index (χ3v) is 9.49. The summed E-state index contributed by atoms with van der Waals surface area (Å²) in [5.74, 6) is 0. The van der Waals surface area contributed by atoms with E-state index in [0.717, 1.165) is 38.3 Å². The van der Waals surface area contributed by atoms with Gasteiger partial charge >= 0.3 is 8.56 Å². The van der Waals surface area contributed by atoms with Crippen molar-refractivity contribution in [2.75, 3.05) is 27.9 Å². The molecule has 5 nitrogen and oxygen atoms in total. The van der Waals surface area contributed by atoms with Crippen LogP contribution in [-0.2, 0) is 23.1 Å². The normalized spacial score (nSPS) is 41.2. The van der Waals surface area contributed by atoms with Crippen LogP contribution in [0.4, 0.5) is 0 Å². The molecule has 0 amide bonds. The molecular weight excluding hydrogens is 276 g/mol. The summed E-state index contributed by atoms with van der Waals surface area (Å²) in [6.07, 6.45) is 6.48. The fourth-order valence-electron chi connectivity index (χ4n) is 3.87. The van der Waals surface area contributed by atoms with Crippen LogP contribution in [0.1, 0.15) is 32.1 Å². The molecule has 0 aromatic heterocycles. The molecule has 116 valence electrons. The Labute approximate surface area is 122 Å². The zero-order valence-corrected chi connectivity index (χ0v) is 13.7. The van der Waals surface area contributed by atoms with Crippen LogP contribution in [0.3, 0.4) is 0 Å². The van der Waals surface area contributed by atoms with Crippen LogP contribution < -0.4 is 0 Å². The van der Waals surface area contributed by atoms with Gasteiger partial charge in [0.25, 0.3) is 0 Å². The van der Waals surface area contributed by atoms with Gasteiger partial charge in [0.15, 0.2) is 0 Å². The van der Waals surface area contributed by atoms with Crippen molar-refractivity contribution in [1.82, 2.24) is 0 Å². The molecule has 0 N–H and O–H groups in total. The molecule has 20 heavy (non-hydrogen) atoms. The highest BCUT2D eigenvalue weighted by molar-refractivity contribution is 6.71. The first-order valence-corrected chi connectivity index (χ1v) is 9.66. The van der Waals surface area contributed by atoms with Crippen LogP contribution in [0.15, 0.2) is 0 Å². The van der Waals surface area contributed by atoms with Crippen LogP contribution in [0, 0.1) is 0 Å². The van der Waals surface area contributed by atoms with Crippen LogP contribution in [0.5, 0.6) is 0 Å². The lowest BCUT2D eigenvalue weighted by molar-refractivity contribution is -0.0219. The molecule has 3 aliphatic heterocycles. The van der Waals surface area contributed by atoms with Crippen molar-refractivity contribution in [2.45, 2.75) is 61.7 Å². The highest BCUT2D eigenvalue weighted by Crippen LogP contribution is 2.52. The highest BCUT2D eigenvalue weighted by atomic mass is 28.4. The van der Waals surface area contributed by atoms with E-state index in [2.05, 4.69) is 0 Å². The quantitative estimate of drug-likeness (QED) is 0.389. The molecule has 6 heteroatoms. The summed E-state index contributed by atoms with van der Waals surface area (Å²) in [7, 11) is 2.95. The number of methoxy groups -OCH3 is 1. The first-order chi connectivity index (χ1) is 9.71. The predicted molar refractivity (Wildman–Crippen MR) is 75.8 cm³/mol. The molecule has 0 bridgehead atoms. The van der Waals surface area contributed by atoms with Crippen molar-refractivity contribution in [3.8, 4) is 0 Å². The molecular formula is C14H26O5Si. The lowest BCUT2D eigenvalue weighted by atomic mass is 10.0. The van der Waals surface area contributed by atoms with Gasteiger partial charge in [-0.1, -0.05) is 12.8 Å². The van der Waals surface area contributed by atoms with E-state index >= 15 is 0 Å². The number of fused-ring (bicyclic) bond motifs is 1. The van der Waals surface area contributed by atoms with Crippen LogP contribution in [-0.4, -0.2) is 60.0 Å². The molecule has 0 spiro atoms. The second-order valence-electron chi connectivity index (χ2n) is 6.09. The van der Waals surface area contributed by atoms with Crippen LogP contribution in [0.25, 0.3) is 0 Å². The van der Waals surface area contributed by atoms with E-state index in [9.17, 15) is 0 Å². The number of ether oxygens (including phenoxy) is 3. The second kappa shape index (κ2) is 5.66. The Kier molecular flexibility index (Phi) is 4.23. The van der Waals surface area contributed by atoms with E-state index < -0.39 is 8.56 Å². The Balaban J connectivity index is 1.68. The van der Waals surface area contributed by atoms with E-state index in [1.807, 2.05) is 0 Å². The van der Waals surface area contributed by atoms with Gasteiger partial charge in [-0.15, -0.1) is 0 Å². The maximum absolute atomic E-state index is 6.01. The molecule has 0 saturated carbocycles. The van der Waals surface area contributed by atoms with Gasteiger partial charge in [0.2, 0.25) is 0 Å². The van der Waals surface area contributed by atoms with Gasteiger partial charge in [0.1, 0.15) is 11.3 Å².